The van der Waals surface area contributed by atoms with Crippen molar-refractivity contribution in [3.63, 3.8) is 0 Å². The number of carboxylic acid groups (broad SMARTS) is 1. The second-order valence-electron chi connectivity index (χ2n) is 3.92. The van der Waals surface area contributed by atoms with Crippen molar-refractivity contribution in [2.24, 2.45) is 0 Å². The van der Waals surface area contributed by atoms with E-state index in [1.807, 2.05) is 31.2 Å². The Morgan fingerprint density at radius 1 is 1.17 bits per heavy atom. The molecular formula is C13H17NO4. The van der Waals surface area contributed by atoms with Gasteiger partial charge in [0.05, 0.1) is 26.1 Å². The summed E-state index contributed by atoms with van der Waals surface area (Å²) in [5.41, 5.74) is 1.88. The zero-order chi connectivity index (χ0) is 13.4. The van der Waals surface area contributed by atoms with Crippen LogP contribution in [0.5, 0.6) is 0 Å². The molecule has 0 aliphatic rings. The Morgan fingerprint density at radius 3 is 2.39 bits per heavy atom. The number of ether oxygens (including phenoxy) is 1. The summed E-state index contributed by atoms with van der Waals surface area (Å²) >= 11 is 0. The van der Waals surface area contributed by atoms with Gasteiger partial charge < -0.3 is 15.2 Å². The molecule has 0 saturated carbocycles. The number of carboxylic acids is 1. The summed E-state index contributed by atoms with van der Waals surface area (Å²) < 4.78 is 5.03. The van der Waals surface area contributed by atoms with Crippen molar-refractivity contribution in [1.29, 1.82) is 0 Å². The van der Waals surface area contributed by atoms with Crippen LogP contribution < -0.4 is 5.32 Å². The summed E-state index contributed by atoms with van der Waals surface area (Å²) in [6.45, 7) is 2.33. The molecule has 98 valence electrons. The molecule has 0 atom stereocenters. The predicted octanol–water partition coefficient (Wildman–Crippen LogP) is 1.81. The van der Waals surface area contributed by atoms with Crippen LogP contribution in [0.1, 0.15) is 18.4 Å². The molecule has 5 heteroatoms. The van der Waals surface area contributed by atoms with Gasteiger partial charge in [0.1, 0.15) is 0 Å². The average Bonchev–Trinajstić information content (AvgIpc) is 2.31. The zero-order valence-electron chi connectivity index (χ0n) is 10.3. The maximum absolute atomic E-state index is 11.5. The first-order valence-corrected chi connectivity index (χ1v) is 5.74. The molecule has 0 unspecified atom stereocenters. The Morgan fingerprint density at radius 2 is 1.78 bits per heavy atom. The van der Waals surface area contributed by atoms with E-state index in [2.05, 4.69) is 5.32 Å². The zero-order valence-corrected chi connectivity index (χ0v) is 10.3. The molecule has 5 nitrogen and oxygen atoms in total. The SMILES string of the molecule is Cc1ccc(NC(=O)CCOCCC(=O)O)cc1. The standard InChI is InChI=1S/C13H17NO4/c1-10-2-4-11(5-3-10)14-12(15)6-8-18-9-7-13(16)17/h2-5H,6-9H2,1H3,(H,14,15)(H,16,17). The molecule has 0 heterocycles. The highest BCUT2D eigenvalue weighted by molar-refractivity contribution is 5.90. The molecular weight excluding hydrogens is 234 g/mol. The Bertz CT molecular complexity index is 400. The third-order valence-electron chi connectivity index (χ3n) is 2.27. The normalized spacial score (nSPS) is 10.1. The van der Waals surface area contributed by atoms with Gasteiger partial charge in [-0.2, -0.15) is 0 Å². The van der Waals surface area contributed by atoms with Crippen LogP contribution >= 0.6 is 0 Å². The van der Waals surface area contributed by atoms with Gasteiger partial charge in [-0.15, -0.1) is 0 Å². The van der Waals surface area contributed by atoms with Crippen molar-refractivity contribution < 1.29 is 19.4 Å². The summed E-state index contributed by atoms with van der Waals surface area (Å²) in [4.78, 5) is 21.7. The highest BCUT2D eigenvalue weighted by Crippen LogP contribution is 2.08. The van der Waals surface area contributed by atoms with E-state index < -0.39 is 5.97 Å². The number of anilines is 1. The van der Waals surface area contributed by atoms with Gasteiger partial charge in [-0.3, -0.25) is 9.59 Å². The quantitative estimate of drug-likeness (QED) is 0.725. The van der Waals surface area contributed by atoms with E-state index in [1.54, 1.807) is 0 Å². The molecule has 1 aromatic carbocycles. The highest BCUT2D eigenvalue weighted by Gasteiger charge is 2.03. The molecule has 18 heavy (non-hydrogen) atoms. The van der Waals surface area contributed by atoms with Crippen LogP contribution in [0.4, 0.5) is 5.69 Å². The highest BCUT2D eigenvalue weighted by atomic mass is 16.5. The molecule has 1 rings (SSSR count). The van der Waals surface area contributed by atoms with Crippen LogP contribution in [0.15, 0.2) is 24.3 Å². The predicted molar refractivity (Wildman–Crippen MR) is 67.5 cm³/mol. The van der Waals surface area contributed by atoms with Crippen molar-refractivity contribution in [1.82, 2.24) is 0 Å². The van der Waals surface area contributed by atoms with Crippen molar-refractivity contribution >= 4 is 17.6 Å². The van der Waals surface area contributed by atoms with Gasteiger partial charge in [-0.05, 0) is 19.1 Å². The van der Waals surface area contributed by atoms with Gasteiger partial charge in [0.15, 0.2) is 0 Å². The first-order valence-electron chi connectivity index (χ1n) is 5.74. The average molecular weight is 251 g/mol. The Labute approximate surface area is 106 Å². The second kappa shape index (κ2) is 7.45. The van der Waals surface area contributed by atoms with E-state index >= 15 is 0 Å². The number of carbonyl (C=O) groups is 2. The fourth-order valence-electron chi connectivity index (χ4n) is 1.29. The fraction of sp³-hybridized carbons (Fsp3) is 0.385. The van der Waals surface area contributed by atoms with Gasteiger partial charge >= 0.3 is 5.97 Å². The third-order valence-corrected chi connectivity index (χ3v) is 2.27. The molecule has 1 aromatic rings. The lowest BCUT2D eigenvalue weighted by atomic mass is 10.2. The largest absolute Gasteiger partial charge is 0.481 e. The topological polar surface area (TPSA) is 75.6 Å². The van der Waals surface area contributed by atoms with E-state index in [-0.39, 0.29) is 32.0 Å². The van der Waals surface area contributed by atoms with Gasteiger partial charge in [0, 0.05) is 5.69 Å². The van der Waals surface area contributed by atoms with Crippen LogP contribution in [-0.2, 0) is 14.3 Å². The summed E-state index contributed by atoms with van der Waals surface area (Å²) in [6, 6.07) is 7.50. The number of hydrogen-bond donors (Lipinski definition) is 2. The van der Waals surface area contributed by atoms with Crippen molar-refractivity contribution in [2.75, 3.05) is 18.5 Å². The van der Waals surface area contributed by atoms with Crippen LogP contribution in [0.25, 0.3) is 0 Å². The van der Waals surface area contributed by atoms with Crippen LogP contribution in [0.3, 0.4) is 0 Å². The fourth-order valence-corrected chi connectivity index (χ4v) is 1.29. The summed E-state index contributed by atoms with van der Waals surface area (Å²) in [5, 5.41) is 11.1. The Kier molecular flexibility index (Phi) is 5.87. The first kappa shape index (κ1) is 14.2. The van der Waals surface area contributed by atoms with E-state index in [1.165, 1.54) is 0 Å². The third kappa shape index (κ3) is 6.00. The lowest BCUT2D eigenvalue weighted by molar-refractivity contribution is -0.138. The molecule has 0 radical (unpaired) electrons. The first-order chi connectivity index (χ1) is 8.58. The second-order valence-corrected chi connectivity index (χ2v) is 3.92. The molecule has 0 spiro atoms. The summed E-state index contributed by atoms with van der Waals surface area (Å²) in [6.07, 6.45) is 0.174. The maximum atomic E-state index is 11.5. The molecule has 0 aromatic heterocycles. The molecule has 0 fully saturated rings. The van der Waals surface area contributed by atoms with Crippen molar-refractivity contribution in [3.05, 3.63) is 29.8 Å². The minimum atomic E-state index is -0.904. The monoisotopic (exact) mass is 251 g/mol. The lowest BCUT2D eigenvalue weighted by Gasteiger charge is -2.05. The van der Waals surface area contributed by atoms with Crippen LogP contribution in [0.2, 0.25) is 0 Å². The Hall–Kier alpha value is -1.88. The molecule has 1 amide bonds. The molecule has 0 aliphatic heterocycles. The van der Waals surface area contributed by atoms with Crippen LogP contribution in [0, 0.1) is 6.92 Å². The van der Waals surface area contributed by atoms with E-state index in [0.717, 1.165) is 11.3 Å². The summed E-state index contributed by atoms with van der Waals surface area (Å²) in [7, 11) is 0. The maximum Gasteiger partial charge on any atom is 0.305 e. The molecule has 0 aliphatic carbocycles. The van der Waals surface area contributed by atoms with Crippen molar-refractivity contribution in [3.8, 4) is 0 Å². The van der Waals surface area contributed by atoms with Gasteiger partial charge in [0.25, 0.3) is 0 Å². The number of benzene rings is 1. The number of hydrogen-bond acceptors (Lipinski definition) is 3. The van der Waals surface area contributed by atoms with Gasteiger partial charge in [0.2, 0.25) is 5.91 Å². The van der Waals surface area contributed by atoms with E-state index in [4.69, 9.17) is 9.84 Å². The smallest absolute Gasteiger partial charge is 0.305 e. The number of rotatable bonds is 7. The number of carbonyl (C=O) groups excluding carboxylic acids is 1. The van der Waals surface area contributed by atoms with E-state index in [9.17, 15) is 9.59 Å². The van der Waals surface area contributed by atoms with Crippen LogP contribution in [-0.4, -0.2) is 30.2 Å². The summed E-state index contributed by atoms with van der Waals surface area (Å²) in [5.74, 6) is -1.05. The van der Waals surface area contributed by atoms with Gasteiger partial charge in [-0.25, -0.2) is 0 Å². The van der Waals surface area contributed by atoms with Gasteiger partial charge in [-0.1, -0.05) is 17.7 Å². The molecule has 2 N–H and O–H groups in total. The Balaban J connectivity index is 2.17. The molecule has 0 saturated heterocycles. The number of aliphatic carboxylic acids is 1. The number of amides is 1. The van der Waals surface area contributed by atoms with E-state index in [0.29, 0.717) is 0 Å². The van der Waals surface area contributed by atoms with Crippen molar-refractivity contribution in [2.45, 2.75) is 19.8 Å². The lowest BCUT2D eigenvalue weighted by Crippen LogP contribution is -2.14. The molecule has 0 bridgehead atoms. The number of aryl methyl sites for hydroxylation is 1. The minimum absolute atomic E-state index is 0.0421. The minimum Gasteiger partial charge on any atom is -0.481 e. The number of nitrogens with one attached hydrogen (secondary N) is 1.